The summed E-state index contributed by atoms with van der Waals surface area (Å²) in [4.78, 5) is 16.6. The Morgan fingerprint density at radius 2 is 2.04 bits per heavy atom. The Morgan fingerprint density at radius 3 is 2.84 bits per heavy atom. The smallest absolute Gasteiger partial charge is 0.246 e. The number of para-hydroxylation sites is 1. The molecular weight excluding hydrogens is 332 g/mol. The first kappa shape index (κ1) is 17.6. The summed E-state index contributed by atoms with van der Waals surface area (Å²) >= 11 is 1.60. The van der Waals surface area contributed by atoms with Gasteiger partial charge >= 0.3 is 0 Å². The molecule has 0 spiro atoms. The molecule has 3 aromatic rings. The summed E-state index contributed by atoms with van der Waals surface area (Å²) < 4.78 is 6.67. The molecule has 25 heavy (non-hydrogen) atoms. The summed E-state index contributed by atoms with van der Waals surface area (Å²) in [5.41, 5.74) is 4.47. The number of amides is 1. The maximum Gasteiger partial charge on any atom is 0.246 e. The summed E-state index contributed by atoms with van der Waals surface area (Å²) in [6, 6.07) is 14.2. The second kappa shape index (κ2) is 7.76. The molecule has 0 aliphatic rings. The molecular formula is C20H22N2O2S. The van der Waals surface area contributed by atoms with E-state index in [1.807, 2.05) is 31.2 Å². The molecule has 1 heterocycles. The lowest BCUT2D eigenvalue weighted by atomic mass is 10.00. The van der Waals surface area contributed by atoms with Gasteiger partial charge in [-0.15, -0.1) is 11.3 Å². The number of hydrogen-bond acceptors (Lipinski definition) is 4. The molecule has 5 heteroatoms. The van der Waals surface area contributed by atoms with Gasteiger partial charge < -0.3 is 10.1 Å². The van der Waals surface area contributed by atoms with Crippen molar-refractivity contribution < 1.29 is 9.53 Å². The first-order valence-electron chi connectivity index (χ1n) is 8.31. The number of nitrogens with zero attached hydrogens (tertiary/aromatic N) is 1. The molecule has 3 rings (SSSR count). The summed E-state index contributed by atoms with van der Waals surface area (Å²) in [5.74, 6) is -0.116. The Kier molecular flexibility index (Phi) is 5.46. The van der Waals surface area contributed by atoms with Gasteiger partial charge in [-0.05, 0) is 44.0 Å². The van der Waals surface area contributed by atoms with Crippen LogP contribution in [-0.4, -0.2) is 17.5 Å². The fraction of sp³-hybridized carbons (Fsp3) is 0.300. The van der Waals surface area contributed by atoms with Crippen molar-refractivity contribution in [2.24, 2.45) is 0 Å². The summed E-state index contributed by atoms with van der Waals surface area (Å²) in [7, 11) is 0. The fourth-order valence-corrected chi connectivity index (χ4v) is 3.70. The number of fused-ring (bicyclic) bond motifs is 1. The lowest BCUT2D eigenvalue weighted by molar-refractivity contribution is -0.126. The summed E-state index contributed by atoms with van der Waals surface area (Å²) in [5, 5.41) is 3.88. The number of rotatable bonds is 6. The minimum Gasteiger partial charge on any atom is -0.364 e. The van der Waals surface area contributed by atoms with Crippen molar-refractivity contribution in [3.05, 3.63) is 64.2 Å². The SMILES string of the molecule is Cc1ccc(C)c(C(C)NC(=O)COCc2nc3ccccc3s2)c1. The fourth-order valence-electron chi connectivity index (χ4n) is 2.80. The Hall–Kier alpha value is -2.24. The molecule has 1 atom stereocenters. The minimum absolute atomic E-state index is 0.0329. The lowest BCUT2D eigenvalue weighted by Crippen LogP contribution is -2.30. The largest absolute Gasteiger partial charge is 0.364 e. The molecule has 1 amide bonds. The second-order valence-electron chi connectivity index (χ2n) is 6.22. The van der Waals surface area contributed by atoms with Crippen LogP contribution in [0.2, 0.25) is 0 Å². The van der Waals surface area contributed by atoms with E-state index in [1.165, 1.54) is 11.1 Å². The van der Waals surface area contributed by atoms with E-state index < -0.39 is 0 Å². The molecule has 0 saturated heterocycles. The first-order valence-corrected chi connectivity index (χ1v) is 9.13. The van der Waals surface area contributed by atoms with Gasteiger partial charge in [-0.3, -0.25) is 4.79 Å². The highest BCUT2D eigenvalue weighted by molar-refractivity contribution is 7.18. The third-order valence-corrected chi connectivity index (χ3v) is 5.09. The van der Waals surface area contributed by atoms with Crippen molar-refractivity contribution in [2.75, 3.05) is 6.61 Å². The van der Waals surface area contributed by atoms with Gasteiger partial charge in [0.15, 0.2) is 0 Å². The van der Waals surface area contributed by atoms with E-state index in [4.69, 9.17) is 4.74 Å². The average Bonchev–Trinajstić information content (AvgIpc) is 2.99. The van der Waals surface area contributed by atoms with E-state index in [-0.39, 0.29) is 18.6 Å². The molecule has 130 valence electrons. The lowest BCUT2D eigenvalue weighted by Gasteiger charge is -2.17. The van der Waals surface area contributed by atoms with Crippen LogP contribution in [0.5, 0.6) is 0 Å². The standard InChI is InChI=1S/C20H22N2O2S/c1-13-8-9-14(2)16(10-13)15(3)21-19(23)11-24-12-20-22-17-6-4-5-7-18(17)25-20/h4-10,15H,11-12H2,1-3H3,(H,21,23). The molecule has 0 radical (unpaired) electrons. The van der Waals surface area contributed by atoms with Crippen molar-refractivity contribution in [1.82, 2.24) is 10.3 Å². The first-order chi connectivity index (χ1) is 12.0. The maximum atomic E-state index is 12.1. The van der Waals surface area contributed by atoms with E-state index in [1.54, 1.807) is 11.3 Å². The highest BCUT2D eigenvalue weighted by Crippen LogP contribution is 2.22. The van der Waals surface area contributed by atoms with Gasteiger partial charge in [-0.25, -0.2) is 4.98 Å². The molecule has 1 unspecified atom stereocenters. The number of aryl methyl sites for hydroxylation is 2. The number of ether oxygens (including phenoxy) is 1. The Labute approximate surface area is 151 Å². The third kappa shape index (κ3) is 4.44. The quantitative estimate of drug-likeness (QED) is 0.718. The molecule has 0 bridgehead atoms. The molecule has 4 nitrogen and oxygen atoms in total. The zero-order chi connectivity index (χ0) is 17.8. The van der Waals surface area contributed by atoms with Crippen LogP contribution in [0, 0.1) is 13.8 Å². The van der Waals surface area contributed by atoms with E-state index in [9.17, 15) is 4.79 Å². The Balaban J connectivity index is 1.51. The number of thiazole rings is 1. The van der Waals surface area contributed by atoms with Crippen LogP contribution in [0.1, 0.15) is 34.7 Å². The maximum absolute atomic E-state index is 12.1. The number of carbonyl (C=O) groups is 1. The van der Waals surface area contributed by atoms with Gasteiger partial charge in [-0.1, -0.05) is 35.9 Å². The number of carbonyl (C=O) groups excluding carboxylic acids is 1. The van der Waals surface area contributed by atoms with Crippen molar-refractivity contribution in [3.8, 4) is 0 Å². The van der Waals surface area contributed by atoms with Gasteiger partial charge in [0.05, 0.1) is 22.9 Å². The van der Waals surface area contributed by atoms with E-state index in [0.717, 1.165) is 20.8 Å². The van der Waals surface area contributed by atoms with Crippen molar-refractivity contribution >= 4 is 27.5 Å². The molecule has 0 aliphatic heterocycles. The van der Waals surface area contributed by atoms with Gasteiger partial charge in [-0.2, -0.15) is 0 Å². The van der Waals surface area contributed by atoms with Gasteiger partial charge in [0.1, 0.15) is 11.6 Å². The third-order valence-electron chi connectivity index (χ3n) is 4.08. The normalized spacial score (nSPS) is 12.3. The van der Waals surface area contributed by atoms with Gasteiger partial charge in [0.2, 0.25) is 5.91 Å². The molecule has 0 fully saturated rings. The molecule has 1 aromatic heterocycles. The van der Waals surface area contributed by atoms with Crippen LogP contribution < -0.4 is 5.32 Å². The zero-order valence-corrected chi connectivity index (χ0v) is 15.5. The van der Waals surface area contributed by atoms with Gasteiger partial charge in [0, 0.05) is 0 Å². The van der Waals surface area contributed by atoms with Crippen LogP contribution in [0.4, 0.5) is 0 Å². The van der Waals surface area contributed by atoms with Crippen LogP contribution in [0.15, 0.2) is 42.5 Å². The van der Waals surface area contributed by atoms with E-state index in [0.29, 0.717) is 6.61 Å². The highest BCUT2D eigenvalue weighted by Gasteiger charge is 2.12. The van der Waals surface area contributed by atoms with Crippen molar-refractivity contribution in [3.63, 3.8) is 0 Å². The molecule has 0 aliphatic carbocycles. The van der Waals surface area contributed by atoms with E-state index in [2.05, 4.69) is 42.3 Å². The molecule has 2 aromatic carbocycles. The number of benzene rings is 2. The second-order valence-corrected chi connectivity index (χ2v) is 7.33. The monoisotopic (exact) mass is 354 g/mol. The number of aromatic nitrogens is 1. The van der Waals surface area contributed by atoms with Gasteiger partial charge in [0.25, 0.3) is 0 Å². The topological polar surface area (TPSA) is 51.2 Å². The Morgan fingerprint density at radius 1 is 1.24 bits per heavy atom. The van der Waals surface area contributed by atoms with E-state index >= 15 is 0 Å². The average molecular weight is 354 g/mol. The molecule has 0 saturated carbocycles. The summed E-state index contributed by atoms with van der Waals surface area (Å²) in [6.07, 6.45) is 0. The highest BCUT2D eigenvalue weighted by atomic mass is 32.1. The predicted molar refractivity (Wildman–Crippen MR) is 102 cm³/mol. The van der Waals surface area contributed by atoms with Crippen molar-refractivity contribution in [2.45, 2.75) is 33.4 Å². The Bertz CT molecular complexity index is 855. The van der Waals surface area contributed by atoms with Crippen LogP contribution in [0.3, 0.4) is 0 Å². The van der Waals surface area contributed by atoms with Crippen LogP contribution in [0.25, 0.3) is 10.2 Å². The molecule has 1 N–H and O–H groups in total. The summed E-state index contributed by atoms with van der Waals surface area (Å²) in [6.45, 7) is 6.49. The predicted octanol–water partition coefficient (Wildman–Crippen LogP) is 4.31. The number of nitrogens with one attached hydrogen (secondary N) is 1. The van der Waals surface area contributed by atoms with Crippen molar-refractivity contribution in [1.29, 1.82) is 0 Å². The van der Waals surface area contributed by atoms with Crippen LogP contribution >= 0.6 is 11.3 Å². The number of hydrogen-bond donors (Lipinski definition) is 1. The minimum atomic E-state index is -0.116. The van der Waals surface area contributed by atoms with Crippen LogP contribution in [-0.2, 0) is 16.1 Å². The zero-order valence-electron chi connectivity index (χ0n) is 14.7.